The molecular formula is H6Br5Cl. The van der Waals surface area contributed by atoms with Gasteiger partial charge in [0.15, 0.2) is 0 Å². The van der Waals surface area contributed by atoms with Crippen LogP contribution in [0.5, 0.6) is 0 Å². The van der Waals surface area contributed by atoms with Crippen molar-refractivity contribution in [1.82, 2.24) is 0 Å². The lowest BCUT2D eigenvalue weighted by Gasteiger charge is -0.147. The van der Waals surface area contributed by atoms with Crippen molar-refractivity contribution in [3.8, 4) is 0 Å². The van der Waals surface area contributed by atoms with Crippen LogP contribution >= 0.6 is 97.3 Å². The van der Waals surface area contributed by atoms with Gasteiger partial charge in [0, 0.05) is 0 Å². The lowest BCUT2D eigenvalue weighted by atomic mass is 35.5. The van der Waals surface area contributed by atoms with E-state index >= 15 is 0 Å². The summed E-state index contributed by atoms with van der Waals surface area (Å²) in [5.74, 6) is 0. The van der Waals surface area contributed by atoms with Gasteiger partial charge in [0.05, 0.1) is 0 Å². The van der Waals surface area contributed by atoms with Crippen LogP contribution in [0.3, 0.4) is 0 Å². The zero-order valence-corrected chi connectivity index (χ0v) is 11.8. The Labute approximate surface area is 96.1 Å². The molecule has 0 aromatic carbocycles. The first kappa shape index (κ1) is 71.0. The molecular weight excluding hydrogens is 435 g/mol. The van der Waals surface area contributed by atoms with Crippen molar-refractivity contribution in [2.24, 2.45) is 0 Å². The second-order valence-corrected chi connectivity index (χ2v) is 0. The molecule has 0 atom stereocenters. The van der Waals surface area contributed by atoms with Crippen molar-refractivity contribution >= 4 is 97.3 Å². The fourth-order valence-corrected chi connectivity index (χ4v) is 0. The Morgan fingerprint density at radius 2 is 0.333 bits per heavy atom. The highest BCUT2D eigenvalue weighted by molar-refractivity contribution is 8.93. The molecule has 0 radical (unpaired) electrons. The van der Waals surface area contributed by atoms with Gasteiger partial charge in [0.1, 0.15) is 0 Å². The number of rotatable bonds is 0. The summed E-state index contributed by atoms with van der Waals surface area (Å²) in [6, 6.07) is 0. The standard InChI is InChI=1S/5BrH.ClH/h6*1H. The summed E-state index contributed by atoms with van der Waals surface area (Å²) in [6.07, 6.45) is 0. The molecule has 0 aromatic heterocycles. The van der Waals surface area contributed by atoms with Gasteiger partial charge in [-0.15, -0.1) is 97.3 Å². The second kappa shape index (κ2) is 47.6. The van der Waals surface area contributed by atoms with E-state index in [0.29, 0.717) is 0 Å². The minimum Gasteiger partial charge on any atom is -0.147 e. The average molecular weight is 441 g/mol. The third-order valence-electron chi connectivity index (χ3n) is 0. The normalized spacial score (nSPS) is 0. The quantitative estimate of drug-likeness (QED) is 0.542. The zero-order valence-electron chi connectivity index (χ0n) is 2.45. The summed E-state index contributed by atoms with van der Waals surface area (Å²) in [4.78, 5) is 0. The average Bonchev–Trinajstić information content (AvgIpc) is 0. The van der Waals surface area contributed by atoms with E-state index in [2.05, 4.69) is 0 Å². The third kappa shape index (κ3) is 29.9. The summed E-state index contributed by atoms with van der Waals surface area (Å²) in [7, 11) is 0. The summed E-state index contributed by atoms with van der Waals surface area (Å²) in [6.45, 7) is 0. The topological polar surface area (TPSA) is 0 Å². The van der Waals surface area contributed by atoms with Gasteiger partial charge in [0.2, 0.25) is 0 Å². The Kier molecular flexibility index (Phi) is 563. The molecule has 6 heavy (non-hydrogen) atoms. The number of hydrogen-bond acceptors (Lipinski definition) is 0. The van der Waals surface area contributed by atoms with Gasteiger partial charge in [-0.1, -0.05) is 0 Å². The van der Waals surface area contributed by atoms with E-state index in [9.17, 15) is 0 Å². The Balaban J connectivity index is 0. The Hall–Kier alpha value is 2.69. The molecule has 0 aliphatic rings. The van der Waals surface area contributed by atoms with E-state index in [-0.39, 0.29) is 97.3 Å². The molecule has 0 nitrogen and oxygen atoms in total. The van der Waals surface area contributed by atoms with Gasteiger partial charge in [-0.3, -0.25) is 0 Å². The molecule has 0 spiro atoms. The monoisotopic (exact) mass is 436 g/mol. The molecule has 0 rings (SSSR count). The fraction of sp³-hybridized carbons (Fsp3) is 0. The van der Waals surface area contributed by atoms with Gasteiger partial charge in [0.25, 0.3) is 0 Å². The predicted octanol–water partition coefficient (Wildman–Crippen LogP) is 3.31. The predicted molar refractivity (Wildman–Crippen MR) is 58.9 cm³/mol. The van der Waals surface area contributed by atoms with Crippen molar-refractivity contribution in [3.63, 3.8) is 0 Å². The van der Waals surface area contributed by atoms with Crippen molar-refractivity contribution in [2.45, 2.75) is 0 Å². The van der Waals surface area contributed by atoms with Gasteiger partial charge in [-0.05, 0) is 0 Å². The molecule has 0 saturated heterocycles. The van der Waals surface area contributed by atoms with Crippen LogP contribution in [0, 0.1) is 0 Å². The van der Waals surface area contributed by atoms with E-state index in [1.54, 1.807) is 0 Å². The van der Waals surface area contributed by atoms with E-state index in [4.69, 9.17) is 0 Å². The smallest absolute Gasteiger partial charge is 0.114 e. The molecule has 48 valence electrons. The SMILES string of the molecule is Br.Br.Br.Br.Br.Cl. The van der Waals surface area contributed by atoms with Gasteiger partial charge in [-0.2, -0.15) is 0 Å². The summed E-state index contributed by atoms with van der Waals surface area (Å²) < 4.78 is 0. The van der Waals surface area contributed by atoms with E-state index in [1.165, 1.54) is 0 Å². The first-order valence-corrected chi connectivity index (χ1v) is 0. The van der Waals surface area contributed by atoms with Gasteiger partial charge in [-0.25, -0.2) is 0 Å². The molecule has 0 heterocycles. The van der Waals surface area contributed by atoms with Crippen LogP contribution in [-0.4, -0.2) is 0 Å². The highest BCUT2D eigenvalue weighted by atomic mass is 79.9. The summed E-state index contributed by atoms with van der Waals surface area (Å²) in [5.41, 5.74) is 0. The molecule has 0 aromatic rings. The molecule has 0 aliphatic heterocycles. The molecule has 0 fully saturated rings. The van der Waals surface area contributed by atoms with Crippen LogP contribution in [-0.2, 0) is 0 Å². The van der Waals surface area contributed by atoms with Crippen molar-refractivity contribution < 1.29 is 0 Å². The van der Waals surface area contributed by atoms with Gasteiger partial charge < -0.3 is 0 Å². The molecule has 0 amide bonds. The molecule has 0 saturated carbocycles. The first-order valence-electron chi connectivity index (χ1n) is 0. The van der Waals surface area contributed by atoms with Crippen LogP contribution in [0.25, 0.3) is 0 Å². The maximum atomic E-state index is 0. The Bertz CT molecular complexity index is 3.90. The zero-order chi connectivity index (χ0) is 0. The third-order valence-corrected chi connectivity index (χ3v) is 0. The summed E-state index contributed by atoms with van der Waals surface area (Å²) >= 11 is 0. The van der Waals surface area contributed by atoms with Gasteiger partial charge >= 0.3 is 0 Å². The largest absolute Gasteiger partial charge is 0.147 e. The number of halogens is 6. The highest BCUT2D eigenvalue weighted by Crippen LogP contribution is 0.850. The van der Waals surface area contributed by atoms with Crippen LogP contribution in [0.4, 0.5) is 0 Å². The Morgan fingerprint density at radius 3 is 0.333 bits per heavy atom. The Morgan fingerprint density at radius 1 is 0.333 bits per heavy atom. The summed E-state index contributed by atoms with van der Waals surface area (Å²) in [5, 5.41) is 0. The van der Waals surface area contributed by atoms with E-state index < -0.39 is 0 Å². The second-order valence-electron chi connectivity index (χ2n) is 0. The van der Waals surface area contributed by atoms with Crippen LogP contribution < -0.4 is 0 Å². The fourth-order valence-electron chi connectivity index (χ4n) is 0. The van der Waals surface area contributed by atoms with E-state index in [1.807, 2.05) is 0 Å². The van der Waals surface area contributed by atoms with Crippen LogP contribution in [0.2, 0.25) is 0 Å². The van der Waals surface area contributed by atoms with E-state index in [0.717, 1.165) is 0 Å². The van der Waals surface area contributed by atoms with Crippen molar-refractivity contribution in [2.75, 3.05) is 0 Å². The van der Waals surface area contributed by atoms with Crippen LogP contribution in [0.15, 0.2) is 0 Å². The number of hydrogen-bond donors (Lipinski definition) is 0. The maximum absolute atomic E-state index is 0. The molecule has 0 aliphatic carbocycles. The van der Waals surface area contributed by atoms with Crippen molar-refractivity contribution in [1.29, 1.82) is 0 Å². The maximum Gasteiger partial charge on any atom is -0.114 e. The first-order chi connectivity index (χ1) is 0. The lowest BCUT2D eigenvalue weighted by Crippen LogP contribution is 0.689. The minimum atomic E-state index is 0. The molecule has 0 unspecified atom stereocenters. The molecule has 0 bridgehead atoms. The lowest BCUT2D eigenvalue weighted by molar-refractivity contribution is 5.85. The van der Waals surface area contributed by atoms with Crippen molar-refractivity contribution in [3.05, 3.63) is 0 Å². The minimum absolute atomic E-state index is 0. The molecule has 6 heteroatoms. The van der Waals surface area contributed by atoms with Crippen LogP contribution in [0.1, 0.15) is 0 Å². The molecule has 0 N–H and O–H groups in total. The highest BCUT2D eigenvalue weighted by Gasteiger charge is -0.109.